The van der Waals surface area contributed by atoms with E-state index < -0.39 is 10.0 Å². The smallest absolute Gasteiger partial charge is 0.236 e. The summed E-state index contributed by atoms with van der Waals surface area (Å²) in [6.07, 6.45) is 1.58. The van der Waals surface area contributed by atoms with E-state index in [1.165, 1.54) is 0 Å². The molecule has 108 valence electrons. The summed E-state index contributed by atoms with van der Waals surface area (Å²) in [5.41, 5.74) is 3.94. The molecule has 2 N–H and O–H groups in total. The summed E-state index contributed by atoms with van der Waals surface area (Å²) in [6, 6.07) is 12.7. The minimum atomic E-state index is -3.44. The van der Waals surface area contributed by atoms with Crippen molar-refractivity contribution in [3.63, 3.8) is 0 Å². The van der Waals surface area contributed by atoms with Gasteiger partial charge in [0.05, 0.1) is 28.8 Å². The van der Waals surface area contributed by atoms with E-state index in [4.69, 9.17) is 0 Å². The van der Waals surface area contributed by atoms with E-state index in [0.29, 0.717) is 5.69 Å². The van der Waals surface area contributed by atoms with Gasteiger partial charge in [0.1, 0.15) is 0 Å². The van der Waals surface area contributed by atoms with Gasteiger partial charge in [0.2, 0.25) is 10.0 Å². The number of aromatic amines is 1. The highest BCUT2D eigenvalue weighted by atomic mass is 32.2. The number of sulfonamides is 1. The predicted molar refractivity (Wildman–Crippen MR) is 83.5 cm³/mol. The van der Waals surface area contributed by atoms with Crippen LogP contribution in [0.3, 0.4) is 0 Å². The van der Waals surface area contributed by atoms with Gasteiger partial charge in [-0.15, -0.1) is 0 Å². The van der Waals surface area contributed by atoms with Crippen LogP contribution in [-0.4, -0.2) is 18.4 Å². The summed E-state index contributed by atoms with van der Waals surface area (Å²) in [5.74, 6) is -0.0459. The molecule has 3 aromatic rings. The Kier molecular flexibility index (Phi) is 3.39. The van der Waals surface area contributed by atoms with Crippen LogP contribution in [0.25, 0.3) is 11.0 Å². The predicted octanol–water partition coefficient (Wildman–Crippen LogP) is 2.81. The first-order valence-electron chi connectivity index (χ1n) is 6.51. The second kappa shape index (κ2) is 5.21. The molecule has 21 heavy (non-hydrogen) atoms. The third kappa shape index (κ3) is 3.22. The second-order valence-electron chi connectivity index (χ2n) is 4.98. The fourth-order valence-corrected chi connectivity index (χ4v) is 3.41. The first-order valence-corrected chi connectivity index (χ1v) is 8.16. The molecule has 0 aliphatic carbocycles. The number of H-pyrrole nitrogens is 1. The first-order chi connectivity index (χ1) is 10.0. The maximum Gasteiger partial charge on any atom is 0.236 e. The number of benzene rings is 2. The van der Waals surface area contributed by atoms with E-state index in [0.717, 1.165) is 22.2 Å². The zero-order chi connectivity index (χ0) is 14.9. The van der Waals surface area contributed by atoms with Gasteiger partial charge in [-0.1, -0.05) is 29.8 Å². The molecule has 0 aliphatic rings. The van der Waals surface area contributed by atoms with E-state index in [9.17, 15) is 8.42 Å². The van der Waals surface area contributed by atoms with Crippen LogP contribution in [0.2, 0.25) is 0 Å². The lowest BCUT2D eigenvalue weighted by molar-refractivity contribution is 0.600. The van der Waals surface area contributed by atoms with Crippen molar-refractivity contribution in [3.8, 4) is 0 Å². The van der Waals surface area contributed by atoms with Crippen LogP contribution in [0.15, 0.2) is 48.8 Å². The van der Waals surface area contributed by atoms with Crippen molar-refractivity contribution in [1.82, 2.24) is 9.97 Å². The Bertz CT molecular complexity index is 885. The van der Waals surface area contributed by atoms with Crippen molar-refractivity contribution >= 4 is 26.7 Å². The molecule has 0 unspecified atom stereocenters. The molecule has 1 aromatic heterocycles. The number of fused-ring (bicyclic) bond motifs is 1. The molecule has 0 spiro atoms. The van der Waals surface area contributed by atoms with Crippen molar-refractivity contribution in [3.05, 3.63) is 59.9 Å². The Morgan fingerprint density at radius 2 is 2.05 bits per heavy atom. The lowest BCUT2D eigenvalue weighted by Crippen LogP contribution is -2.15. The zero-order valence-corrected chi connectivity index (χ0v) is 12.3. The standard InChI is InChI=1S/C15H15N3O2S/c1-11-3-2-4-12(7-11)9-21(19,20)18-13-5-6-14-15(8-13)17-10-16-14/h2-8,10,18H,9H2,1H3,(H,16,17). The van der Waals surface area contributed by atoms with E-state index in [-0.39, 0.29) is 5.75 Å². The maximum absolute atomic E-state index is 12.2. The number of hydrogen-bond donors (Lipinski definition) is 2. The van der Waals surface area contributed by atoms with Crippen LogP contribution in [0, 0.1) is 6.92 Å². The Balaban J connectivity index is 1.82. The quantitative estimate of drug-likeness (QED) is 0.778. The molecule has 0 saturated carbocycles. The summed E-state index contributed by atoms with van der Waals surface area (Å²) in [6.45, 7) is 1.94. The third-order valence-corrected chi connectivity index (χ3v) is 4.39. The fraction of sp³-hybridized carbons (Fsp3) is 0.133. The number of nitrogens with zero attached hydrogens (tertiary/aromatic N) is 1. The van der Waals surface area contributed by atoms with Crippen LogP contribution < -0.4 is 4.72 Å². The van der Waals surface area contributed by atoms with Crippen molar-refractivity contribution in [2.45, 2.75) is 12.7 Å². The summed E-state index contributed by atoms with van der Waals surface area (Å²) < 4.78 is 27.0. The van der Waals surface area contributed by atoms with Crippen molar-refractivity contribution < 1.29 is 8.42 Å². The molecule has 0 saturated heterocycles. The van der Waals surface area contributed by atoms with Crippen molar-refractivity contribution in [2.24, 2.45) is 0 Å². The Morgan fingerprint density at radius 1 is 1.19 bits per heavy atom. The molecule has 0 amide bonds. The molecule has 0 radical (unpaired) electrons. The largest absolute Gasteiger partial charge is 0.345 e. The first kappa shape index (κ1) is 13.6. The van der Waals surface area contributed by atoms with Crippen LogP contribution in [0.4, 0.5) is 5.69 Å². The zero-order valence-electron chi connectivity index (χ0n) is 11.5. The molecule has 0 atom stereocenters. The average Bonchev–Trinajstić information content (AvgIpc) is 2.84. The van der Waals surface area contributed by atoms with Crippen molar-refractivity contribution in [1.29, 1.82) is 0 Å². The number of aromatic nitrogens is 2. The molecule has 1 heterocycles. The van der Waals surface area contributed by atoms with E-state index in [1.807, 2.05) is 31.2 Å². The molecule has 3 rings (SSSR count). The van der Waals surface area contributed by atoms with Gasteiger partial charge in [-0.2, -0.15) is 0 Å². The Hall–Kier alpha value is -2.34. The van der Waals surface area contributed by atoms with Gasteiger partial charge in [-0.25, -0.2) is 13.4 Å². The van der Waals surface area contributed by atoms with Crippen LogP contribution in [0.5, 0.6) is 0 Å². The molecule has 0 fully saturated rings. The summed E-state index contributed by atoms with van der Waals surface area (Å²) in [4.78, 5) is 7.06. The fourth-order valence-electron chi connectivity index (χ4n) is 2.24. The van der Waals surface area contributed by atoms with E-state index >= 15 is 0 Å². The molecule has 5 nitrogen and oxygen atoms in total. The average molecular weight is 301 g/mol. The lowest BCUT2D eigenvalue weighted by atomic mass is 10.2. The molecule has 6 heteroatoms. The van der Waals surface area contributed by atoms with E-state index in [2.05, 4.69) is 14.7 Å². The topological polar surface area (TPSA) is 74.8 Å². The Labute approximate surface area is 123 Å². The Morgan fingerprint density at radius 3 is 2.86 bits per heavy atom. The highest BCUT2D eigenvalue weighted by Crippen LogP contribution is 2.18. The van der Waals surface area contributed by atoms with Crippen LogP contribution in [-0.2, 0) is 15.8 Å². The second-order valence-corrected chi connectivity index (χ2v) is 6.71. The van der Waals surface area contributed by atoms with Gasteiger partial charge in [0.25, 0.3) is 0 Å². The number of rotatable bonds is 4. The van der Waals surface area contributed by atoms with Crippen LogP contribution >= 0.6 is 0 Å². The molecule has 2 aromatic carbocycles. The highest BCUT2D eigenvalue weighted by Gasteiger charge is 2.12. The van der Waals surface area contributed by atoms with Gasteiger partial charge in [-0.05, 0) is 30.7 Å². The number of hydrogen-bond acceptors (Lipinski definition) is 3. The molecule has 0 aliphatic heterocycles. The highest BCUT2D eigenvalue weighted by molar-refractivity contribution is 7.91. The molecular weight excluding hydrogens is 286 g/mol. The normalized spacial score (nSPS) is 11.7. The van der Waals surface area contributed by atoms with Gasteiger partial charge < -0.3 is 4.98 Å². The molecular formula is C15H15N3O2S. The minimum Gasteiger partial charge on any atom is -0.345 e. The number of nitrogens with one attached hydrogen (secondary N) is 2. The number of aryl methyl sites for hydroxylation is 1. The summed E-state index contributed by atoms with van der Waals surface area (Å²) in [5, 5.41) is 0. The van der Waals surface area contributed by atoms with Gasteiger partial charge in [0, 0.05) is 0 Å². The van der Waals surface area contributed by atoms with Crippen molar-refractivity contribution in [2.75, 3.05) is 4.72 Å². The monoisotopic (exact) mass is 301 g/mol. The van der Waals surface area contributed by atoms with Gasteiger partial charge in [0.15, 0.2) is 0 Å². The molecule has 0 bridgehead atoms. The lowest BCUT2D eigenvalue weighted by Gasteiger charge is -2.08. The minimum absolute atomic E-state index is 0.0459. The van der Waals surface area contributed by atoms with E-state index in [1.54, 1.807) is 24.5 Å². The SMILES string of the molecule is Cc1cccc(CS(=O)(=O)Nc2ccc3nc[nH]c3c2)c1. The third-order valence-electron chi connectivity index (χ3n) is 3.13. The van der Waals surface area contributed by atoms with Gasteiger partial charge >= 0.3 is 0 Å². The number of anilines is 1. The maximum atomic E-state index is 12.2. The number of imidazole rings is 1. The van der Waals surface area contributed by atoms with Crippen LogP contribution in [0.1, 0.15) is 11.1 Å². The summed E-state index contributed by atoms with van der Waals surface area (Å²) in [7, 11) is -3.44. The van der Waals surface area contributed by atoms with Gasteiger partial charge in [-0.3, -0.25) is 4.72 Å². The summed E-state index contributed by atoms with van der Waals surface area (Å²) >= 11 is 0.